The Balaban J connectivity index is 2.12. The lowest BCUT2D eigenvalue weighted by atomic mass is 10.1. The van der Waals surface area contributed by atoms with E-state index in [1.807, 2.05) is 0 Å². The maximum Gasteiger partial charge on any atom is 0.293 e. The highest BCUT2D eigenvalue weighted by Crippen LogP contribution is 2.26. The van der Waals surface area contributed by atoms with Crippen molar-refractivity contribution in [2.45, 2.75) is 25.8 Å². The molecule has 2 rings (SSSR count). The minimum Gasteiger partial charge on any atom is -0.378 e. The average Bonchev–Trinajstić information content (AvgIpc) is 2.98. The average molecular weight is 292 g/mol. The van der Waals surface area contributed by atoms with E-state index in [1.54, 1.807) is 19.1 Å². The molecular formula is C14H20N4O3. The summed E-state index contributed by atoms with van der Waals surface area (Å²) in [4.78, 5) is 22.4. The van der Waals surface area contributed by atoms with Gasteiger partial charge in [0, 0.05) is 30.8 Å². The summed E-state index contributed by atoms with van der Waals surface area (Å²) in [7, 11) is 0. The Labute approximate surface area is 123 Å². The van der Waals surface area contributed by atoms with Gasteiger partial charge in [-0.25, -0.2) is 0 Å². The number of benzene rings is 1. The third-order valence-electron chi connectivity index (χ3n) is 3.50. The highest BCUT2D eigenvalue weighted by atomic mass is 16.6. The van der Waals surface area contributed by atoms with Gasteiger partial charge in [0.25, 0.3) is 11.6 Å². The summed E-state index contributed by atoms with van der Waals surface area (Å²) >= 11 is 0. The number of nitro groups is 1. The fraction of sp³-hybridized carbons (Fsp3) is 0.500. The van der Waals surface area contributed by atoms with E-state index in [0.717, 1.165) is 19.4 Å². The van der Waals surface area contributed by atoms with Crippen LogP contribution in [0.5, 0.6) is 0 Å². The summed E-state index contributed by atoms with van der Waals surface area (Å²) in [5.41, 5.74) is 0.673. The largest absolute Gasteiger partial charge is 0.378 e. The lowest BCUT2D eigenvalue weighted by Gasteiger charge is -2.13. The molecule has 1 aromatic carbocycles. The van der Waals surface area contributed by atoms with Crippen LogP contribution in [0.25, 0.3) is 0 Å². The van der Waals surface area contributed by atoms with Crippen LogP contribution >= 0.6 is 0 Å². The first-order chi connectivity index (χ1) is 10.1. The van der Waals surface area contributed by atoms with Gasteiger partial charge in [-0.2, -0.15) is 0 Å². The van der Waals surface area contributed by atoms with Crippen molar-refractivity contribution in [1.82, 2.24) is 10.6 Å². The van der Waals surface area contributed by atoms with Crippen LogP contribution in [-0.2, 0) is 0 Å². The molecule has 1 unspecified atom stereocenters. The Morgan fingerprint density at radius 2 is 2.33 bits per heavy atom. The molecular weight excluding hydrogens is 272 g/mol. The second-order valence-corrected chi connectivity index (χ2v) is 5.02. The van der Waals surface area contributed by atoms with Gasteiger partial charge in [-0.3, -0.25) is 14.9 Å². The molecule has 0 saturated carbocycles. The Kier molecular flexibility index (Phi) is 5.10. The molecule has 1 heterocycles. The number of rotatable bonds is 6. The number of hydrogen-bond donors (Lipinski definition) is 3. The topological polar surface area (TPSA) is 96.3 Å². The first-order valence-electron chi connectivity index (χ1n) is 7.15. The molecule has 1 atom stereocenters. The van der Waals surface area contributed by atoms with Gasteiger partial charge in [0.1, 0.15) is 5.69 Å². The summed E-state index contributed by atoms with van der Waals surface area (Å²) < 4.78 is 0. The van der Waals surface area contributed by atoms with Gasteiger partial charge in [0.15, 0.2) is 0 Å². The standard InChI is InChI=1S/C14H20N4O3/c1-2-15-14(19)10-5-6-12(13(8-10)18(20)21)17-9-11-4-3-7-16-11/h5-6,8,11,16-17H,2-4,7,9H2,1H3,(H,15,19). The molecule has 1 saturated heterocycles. The number of hydrogen-bond acceptors (Lipinski definition) is 5. The molecule has 114 valence electrons. The molecule has 1 aliphatic rings. The zero-order chi connectivity index (χ0) is 15.2. The van der Waals surface area contributed by atoms with E-state index in [0.29, 0.717) is 30.4 Å². The van der Waals surface area contributed by atoms with Crippen LogP contribution in [-0.4, -0.2) is 36.5 Å². The summed E-state index contributed by atoms with van der Waals surface area (Å²) in [6.07, 6.45) is 2.20. The summed E-state index contributed by atoms with van der Waals surface area (Å²) in [5.74, 6) is -0.301. The third-order valence-corrected chi connectivity index (χ3v) is 3.50. The minimum atomic E-state index is -0.465. The molecule has 0 radical (unpaired) electrons. The fourth-order valence-electron chi connectivity index (χ4n) is 2.40. The van der Waals surface area contributed by atoms with Crippen LogP contribution < -0.4 is 16.0 Å². The van der Waals surface area contributed by atoms with E-state index in [2.05, 4.69) is 16.0 Å². The van der Waals surface area contributed by atoms with Crippen molar-refractivity contribution in [3.05, 3.63) is 33.9 Å². The van der Waals surface area contributed by atoms with Crippen LogP contribution in [0.2, 0.25) is 0 Å². The predicted molar refractivity (Wildman–Crippen MR) is 80.6 cm³/mol. The van der Waals surface area contributed by atoms with Crippen molar-refractivity contribution < 1.29 is 9.72 Å². The SMILES string of the molecule is CCNC(=O)c1ccc(NCC2CCCN2)c([N+](=O)[O-])c1. The van der Waals surface area contributed by atoms with Crippen LogP contribution in [0, 0.1) is 10.1 Å². The first kappa shape index (κ1) is 15.2. The molecule has 1 aromatic rings. The van der Waals surface area contributed by atoms with Gasteiger partial charge in [0.05, 0.1) is 4.92 Å². The van der Waals surface area contributed by atoms with E-state index in [9.17, 15) is 14.9 Å². The number of nitro benzene ring substituents is 1. The van der Waals surface area contributed by atoms with E-state index >= 15 is 0 Å². The van der Waals surface area contributed by atoms with Gasteiger partial charge in [-0.1, -0.05) is 0 Å². The van der Waals surface area contributed by atoms with E-state index in [-0.39, 0.29) is 11.6 Å². The second kappa shape index (κ2) is 7.03. The second-order valence-electron chi connectivity index (χ2n) is 5.02. The van der Waals surface area contributed by atoms with E-state index < -0.39 is 4.92 Å². The highest BCUT2D eigenvalue weighted by molar-refractivity contribution is 5.95. The number of anilines is 1. The van der Waals surface area contributed by atoms with Crippen LogP contribution in [0.1, 0.15) is 30.1 Å². The van der Waals surface area contributed by atoms with Crippen LogP contribution in [0.15, 0.2) is 18.2 Å². The summed E-state index contributed by atoms with van der Waals surface area (Å²) in [5, 5.41) is 20.2. The number of carbonyl (C=O) groups is 1. The fourth-order valence-corrected chi connectivity index (χ4v) is 2.40. The number of nitrogens with one attached hydrogen (secondary N) is 3. The molecule has 0 aromatic heterocycles. The van der Waals surface area contributed by atoms with Crippen molar-refractivity contribution >= 4 is 17.3 Å². The summed E-state index contributed by atoms with van der Waals surface area (Å²) in [6, 6.07) is 4.85. The Morgan fingerprint density at radius 3 is 2.95 bits per heavy atom. The monoisotopic (exact) mass is 292 g/mol. The number of carbonyl (C=O) groups excluding carboxylic acids is 1. The predicted octanol–water partition coefficient (Wildman–Crippen LogP) is 1.51. The van der Waals surface area contributed by atoms with Crippen molar-refractivity contribution in [1.29, 1.82) is 0 Å². The molecule has 1 amide bonds. The first-order valence-corrected chi connectivity index (χ1v) is 7.15. The summed E-state index contributed by atoms with van der Waals surface area (Å²) in [6.45, 7) is 3.92. The van der Waals surface area contributed by atoms with Crippen molar-refractivity contribution in [2.24, 2.45) is 0 Å². The van der Waals surface area contributed by atoms with Crippen molar-refractivity contribution in [3.63, 3.8) is 0 Å². The van der Waals surface area contributed by atoms with Gasteiger partial charge >= 0.3 is 0 Å². The Morgan fingerprint density at radius 1 is 1.52 bits per heavy atom. The van der Waals surface area contributed by atoms with Crippen LogP contribution in [0.4, 0.5) is 11.4 Å². The highest BCUT2D eigenvalue weighted by Gasteiger charge is 2.19. The van der Waals surface area contributed by atoms with Gasteiger partial charge in [-0.15, -0.1) is 0 Å². The number of nitrogens with zero attached hydrogens (tertiary/aromatic N) is 1. The maximum atomic E-state index is 11.7. The lowest BCUT2D eigenvalue weighted by Crippen LogP contribution is -2.29. The molecule has 3 N–H and O–H groups in total. The zero-order valence-electron chi connectivity index (χ0n) is 12.0. The Hall–Kier alpha value is -2.15. The number of amides is 1. The smallest absolute Gasteiger partial charge is 0.293 e. The molecule has 0 aliphatic carbocycles. The van der Waals surface area contributed by atoms with E-state index in [1.165, 1.54) is 6.07 Å². The minimum absolute atomic E-state index is 0.0725. The maximum absolute atomic E-state index is 11.7. The van der Waals surface area contributed by atoms with Crippen molar-refractivity contribution in [3.8, 4) is 0 Å². The Bertz CT molecular complexity index is 527. The zero-order valence-corrected chi connectivity index (χ0v) is 12.0. The lowest BCUT2D eigenvalue weighted by molar-refractivity contribution is -0.384. The van der Waals surface area contributed by atoms with Crippen molar-refractivity contribution in [2.75, 3.05) is 25.0 Å². The molecule has 21 heavy (non-hydrogen) atoms. The third kappa shape index (κ3) is 3.91. The van der Waals surface area contributed by atoms with E-state index in [4.69, 9.17) is 0 Å². The normalized spacial score (nSPS) is 17.5. The van der Waals surface area contributed by atoms with Gasteiger partial charge < -0.3 is 16.0 Å². The molecule has 0 spiro atoms. The van der Waals surface area contributed by atoms with Crippen LogP contribution in [0.3, 0.4) is 0 Å². The van der Waals surface area contributed by atoms with Gasteiger partial charge in [0.2, 0.25) is 0 Å². The molecule has 7 heteroatoms. The van der Waals surface area contributed by atoms with Gasteiger partial charge in [-0.05, 0) is 38.4 Å². The molecule has 1 aliphatic heterocycles. The molecule has 1 fully saturated rings. The molecule has 7 nitrogen and oxygen atoms in total. The molecule has 0 bridgehead atoms. The quantitative estimate of drug-likeness (QED) is 0.545.